The van der Waals surface area contributed by atoms with Gasteiger partial charge < -0.3 is 0 Å². The Morgan fingerprint density at radius 1 is 1.32 bits per heavy atom. The number of hydrogen-bond acceptors (Lipinski definition) is 2. The first-order valence-electron chi connectivity index (χ1n) is 6.61. The van der Waals surface area contributed by atoms with Crippen molar-refractivity contribution in [3.8, 4) is 0 Å². The van der Waals surface area contributed by atoms with Crippen molar-refractivity contribution in [2.45, 2.75) is 27.2 Å². The topological polar surface area (TPSA) is 34.9 Å². The molecule has 0 atom stereocenters. The maximum atomic E-state index is 12.5. The summed E-state index contributed by atoms with van der Waals surface area (Å²) in [5.74, 6) is 0.623. The van der Waals surface area contributed by atoms with Crippen LogP contribution in [0.2, 0.25) is 0 Å². The van der Waals surface area contributed by atoms with Crippen molar-refractivity contribution in [2.24, 2.45) is 13.0 Å². The van der Waals surface area contributed by atoms with Crippen LogP contribution in [0.15, 0.2) is 30.3 Å². The Kier molecular flexibility index (Phi) is 3.84. The Hall–Kier alpha value is -1.90. The molecule has 0 amide bonds. The lowest BCUT2D eigenvalue weighted by molar-refractivity contribution is 0.103. The predicted octanol–water partition coefficient (Wildman–Crippen LogP) is 3.16. The Bertz CT molecular complexity index is 597. The standard InChI is InChI=1S/C16H20N2O/c1-11(2)8-13-6-5-7-14(10-13)16(19)15-9-12(3)17-18(15)4/h5-7,9-11H,8H2,1-4H3. The van der Waals surface area contributed by atoms with Crippen LogP contribution in [0.5, 0.6) is 0 Å². The third-order valence-electron chi connectivity index (χ3n) is 3.07. The van der Waals surface area contributed by atoms with E-state index in [-0.39, 0.29) is 5.78 Å². The molecular formula is C16H20N2O. The van der Waals surface area contributed by atoms with Crippen molar-refractivity contribution < 1.29 is 4.79 Å². The Balaban J connectivity index is 2.31. The number of rotatable bonds is 4. The first kappa shape index (κ1) is 13.5. The molecule has 0 saturated heterocycles. The molecule has 100 valence electrons. The van der Waals surface area contributed by atoms with Gasteiger partial charge in [-0.1, -0.05) is 32.0 Å². The lowest BCUT2D eigenvalue weighted by atomic mass is 9.99. The Labute approximate surface area is 114 Å². The van der Waals surface area contributed by atoms with Crippen LogP contribution in [-0.4, -0.2) is 15.6 Å². The fraction of sp³-hybridized carbons (Fsp3) is 0.375. The summed E-state index contributed by atoms with van der Waals surface area (Å²) in [6.45, 7) is 6.25. The number of ketones is 1. The number of benzene rings is 1. The monoisotopic (exact) mass is 256 g/mol. The maximum Gasteiger partial charge on any atom is 0.211 e. The maximum absolute atomic E-state index is 12.5. The van der Waals surface area contributed by atoms with E-state index >= 15 is 0 Å². The summed E-state index contributed by atoms with van der Waals surface area (Å²) >= 11 is 0. The van der Waals surface area contributed by atoms with Crippen molar-refractivity contribution in [1.82, 2.24) is 9.78 Å². The van der Waals surface area contributed by atoms with Gasteiger partial charge in [0.1, 0.15) is 5.69 Å². The highest BCUT2D eigenvalue weighted by atomic mass is 16.1. The van der Waals surface area contributed by atoms with E-state index in [0.29, 0.717) is 11.6 Å². The minimum Gasteiger partial charge on any atom is -0.287 e. The third-order valence-corrected chi connectivity index (χ3v) is 3.07. The zero-order valence-electron chi connectivity index (χ0n) is 12.0. The van der Waals surface area contributed by atoms with Crippen LogP contribution in [0, 0.1) is 12.8 Å². The van der Waals surface area contributed by atoms with Crippen molar-refractivity contribution in [3.63, 3.8) is 0 Å². The summed E-state index contributed by atoms with van der Waals surface area (Å²) in [5.41, 5.74) is 3.45. The van der Waals surface area contributed by atoms with Gasteiger partial charge in [0.2, 0.25) is 5.78 Å². The number of carbonyl (C=O) groups excluding carboxylic acids is 1. The number of carbonyl (C=O) groups is 1. The molecule has 19 heavy (non-hydrogen) atoms. The molecule has 0 bridgehead atoms. The molecule has 2 aromatic rings. The molecule has 0 radical (unpaired) electrons. The molecular weight excluding hydrogens is 236 g/mol. The van der Waals surface area contributed by atoms with E-state index in [2.05, 4.69) is 25.0 Å². The van der Waals surface area contributed by atoms with Crippen LogP contribution in [0.3, 0.4) is 0 Å². The first-order chi connectivity index (χ1) is 8.97. The van der Waals surface area contributed by atoms with Crippen molar-refractivity contribution in [1.29, 1.82) is 0 Å². The summed E-state index contributed by atoms with van der Waals surface area (Å²) in [7, 11) is 1.80. The van der Waals surface area contributed by atoms with E-state index in [1.54, 1.807) is 11.7 Å². The molecule has 1 heterocycles. The zero-order valence-corrected chi connectivity index (χ0v) is 12.0. The third kappa shape index (κ3) is 3.11. The fourth-order valence-electron chi connectivity index (χ4n) is 2.28. The van der Waals surface area contributed by atoms with Gasteiger partial charge in [0.25, 0.3) is 0 Å². The average molecular weight is 256 g/mol. The molecule has 3 nitrogen and oxygen atoms in total. The zero-order chi connectivity index (χ0) is 14.0. The average Bonchev–Trinajstić information content (AvgIpc) is 2.67. The van der Waals surface area contributed by atoms with E-state index in [9.17, 15) is 4.79 Å². The highest BCUT2D eigenvalue weighted by Gasteiger charge is 2.14. The van der Waals surface area contributed by atoms with Gasteiger partial charge >= 0.3 is 0 Å². The molecule has 0 aliphatic carbocycles. The summed E-state index contributed by atoms with van der Waals surface area (Å²) in [4.78, 5) is 12.5. The molecule has 0 spiro atoms. The van der Waals surface area contributed by atoms with Gasteiger partial charge in [0, 0.05) is 12.6 Å². The van der Waals surface area contributed by atoms with E-state index in [1.807, 2.05) is 31.2 Å². The van der Waals surface area contributed by atoms with Gasteiger partial charge in [-0.25, -0.2) is 0 Å². The van der Waals surface area contributed by atoms with E-state index in [4.69, 9.17) is 0 Å². The molecule has 0 aliphatic rings. The second-order valence-electron chi connectivity index (χ2n) is 5.42. The number of nitrogens with zero attached hydrogens (tertiary/aromatic N) is 2. The first-order valence-corrected chi connectivity index (χ1v) is 6.61. The van der Waals surface area contributed by atoms with Crippen LogP contribution >= 0.6 is 0 Å². The van der Waals surface area contributed by atoms with Crippen molar-refractivity contribution >= 4 is 5.78 Å². The van der Waals surface area contributed by atoms with E-state index < -0.39 is 0 Å². The number of aryl methyl sites for hydroxylation is 2. The molecule has 3 heteroatoms. The normalized spacial score (nSPS) is 11.0. The van der Waals surface area contributed by atoms with Crippen LogP contribution in [-0.2, 0) is 13.5 Å². The van der Waals surface area contributed by atoms with Crippen LogP contribution in [0.4, 0.5) is 0 Å². The molecule has 0 N–H and O–H groups in total. The predicted molar refractivity (Wildman–Crippen MR) is 76.4 cm³/mol. The molecule has 0 unspecified atom stereocenters. The van der Waals surface area contributed by atoms with Crippen molar-refractivity contribution in [3.05, 3.63) is 52.8 Å². The van der Waals surface area contributed by atoms with Gasteiger partial charge in [0.05, 0.1) is 5.69 Å². The van der Waals surface area contributed by atoms with Gasteiger partial charge in [-0.2, -0.15) is 5.10 Å². The number of aromatic nitrogens is 2. The Morgan fingerprint density at radius 2 is 2.05 bits per heavy atom. The smallest absolute Gasteiger partial charge is 0.211 e. The van der Waals surface area contributed by atoms with Gasteiger partial charge in [-0.15, -0.1) is 0 Å². The Morgan fingerprint density at radius 3 is 2.63 bits per heavy atom. The summed E-state index contributed by atoms with van der Waals surface area (Å²) in [6.07, 6.45) is 0.992. The highest BCUT2D eigenvalue weighted by Crippen LogP contribution is 2.15. The summed E-state index contributed by atoms with van der Waals surface area (Å²) in [5, 5.41) is 4.22. The van der Waals surface area contributed by atoms with Gasteiger partial charge in [0.15, 0.2) is 0 Å². The van der Waals surface area contributed by atoms with Gasteiger partial charge in [-0.05, 0) is 37.0 Å². The second-order valence-corrected chi connectivity index (χ2v) is 5.42. The molecule has 2 rings (SSSR count). The van der Waals surface area contributed by atoms with Crippen LogP contribution in [0.25, 0.3) is 0 Å². The van der Waals surface area contributed by atoms with E-state index in [1.165, 1.54) is 5.56 Å². The van der Waals surface area contributed by atoms with Crippen LogP contribution in [0.1, 0.15) is 41.2 Å². The molecule has 1 aromatic heterocycles. The van der Waals surface area contributed by atoms with E-state index in [0.717, 1.165) is 17.7 Å². The lowest BCUT2D eigenvalue weighted by Gasteiger charge is -2.07. The summed E-state index contributed by atoms with van der Waals surface area (Å²) < 4.78 is 1.65. The lowest BCUT2D eigenvalue weighted by Crippen LogP contribution is -2.08. The molecule has 0 saturated carbocycles. The van der Waals surface area contributed by atoms with Crippen LogP contribution < -0.4 is 0 Å². The molecule has 1 aromatic carbocycles. The molecule has 0 fully saturated rings. The fourth-order valence-corrected chi connectivity index (χ4v) is 2.28. The van der Waals surface area contributed by atoms with Crippen molar-refractivity contribution in [2.75, 3.05) is 0 Å². The second kappa shape index (κ2) is 5.39. The SMILES string of the molecule is Cc1cc(C(=O)c2cccc(CC(C)C)c2)n(C)n1. The minimum atomic E-state index is 0.0358. The quantitative estimate of drug-likeness (QED) is 0.788. The summed E-state index contributed by atoms with van der Waals surface area (Å²) in [6, 6.07) is 9.72. The van der Waals surface area contributed by atoms with Gasteiger partial charge in [-0.3, -0.25) is 9.48 Å². The number of hydrogen-bond donors (Lipinski definition) is 0. The minimum absolute atomic E-state index is 0.0358. The molecule has 0 aliphatic heterocycles. The highest BCUT2D eigenvalue weighted by molar-refractivity contribution is 6.08. The largest absolute Gasteiger partial charge is 0.287 e.